The minimum absolute atomic E-state index is 0.0966. The smallest absolute Gasteiger partial charge is 0.390 e. The number of hydrogen-bond donors (Lipinski definition) is 1. The molecule has 0 atom stereocenters. The van der Waals surface area contributed by atoms with Crippen molar-refractivity contribution in [3.63, 3.8) is 0 Å². The summed E-state index contributed by atoms with van der Waals surface area (Å²) in [7, 11) is 0. The summed E-state index contributed by atoms with van der Waals surface area (Å²) in [5.74, 6) is -1.43. The van der Waals surface area contributed by atoms with Crippen molar-refractivity contribution in [2.75, 3.05) is 0 Å². The fourth-order valence-corrected chi connectivity index (χ4v) is 1.19. The van der Waals surface area contributed by atoms with Crippen LogP contribution < -0.4 is 0 Å². The summed E-state index contributed by atoms with van der Waals surface area (Å²) < 4.78 is 0. The third kappa shape index (κ3) is 1.80. The molecule has 3 nitrogen and oxygen atoms in total. The van der Waals surface area contributed by atoms with E-state index in [4.69, 9.17) is 0 Å². The van der Waals surface area contributed by atoms with Crippen LogP contribution in [0.1, 0.15) is 35.7 Å². The zero-order chi connectivity index (χ0) is 10.0. The van der Waals surface area contributed by atoms with Crippen LogP contribution in [0.2, 0.25) is 0 Å². The second-order valence-electron chi connectivity index (χ2n) is 3.19. The van der Waals surface area contributed by atoms with Gasteiger partial charge in [0.2, 0.25) is 0 Å². The number of hydrogen-bond acceptors (Lipinski definition) is 2. The molecular formula is C10H11O3. The molecule has 69 valence electrons. The van der Waals surface area contributed by atoms with E-state index in [9.17, 15) is 15.0 Å². The van der Waals surface area contributed by atoms with Crippen LogP contribution in [0.3, 0.4) is 0 Å². The quantitative estimate of drug-likeness (QED) is 0.755. The molecule has 1 N–H and O–H groups in total. The number of aromatic hydroxyl groups is 1. The van der Waals surface area contributed by atoms with Gasteiger partial charge in [-0.1, -0.05) is 26.0 Å². The van der Waals surface area contributed by atoms with Crippen molar-refractivity contribution in [2.45, 2.75) is 19.8 Å². The van der Waals surface area contributed by atoms with Gasteiger partial charge in [0, 0.05) is 0 Å². The Balaban J connectivity index is 3.26. The summed E-state index contributed by atoms with van der Waals surface area (Å²) in [6, 6.07) is 4.63. The van der Waals surface area contributed by atoms with Crippen LogP contribution in [0, 0.1) is 0 Å². The lowest BCUT2D eigenvalue weighted by Crippen LogP contribution is -1.98. The molecule has 0 aliphatic carbocycles. The van der Waals surface area contributed by atoms with Crippen LogP contribution in [-0.2, 0) is 5.11 Å². The topological polar surface area (TPSA) is 57.2 Å². The minimum Gasteiger partial charge on any atom is -0.507 e. The minimum atomic E-state index is -1.35. The second kappa shape index (κ2) is 3.47. The normalized spacial score (nSPS) is 10.4. The number of carbonyl (C=O) groups is 1. The molecule has 1 aromatic carbocycles. The molecule has 0 saturated heterocycles. The standard InChI is InChI=1S/C10H11O3/c1-6(2)7-4-3-5-8(9(7)11)10(12)13/h3-6,11H,1-2H3. The van der Waals surface area contributed by atoms with Crippen LogP contribution in [0.15, 0.2) is 18.2 Å². The molecule has 13 heavy (non-hydrogen) atoms. The zero-order valence-corrected chi connectivity index (χ0v) is 7.57. The summed E-state index contributed by atoms with van der Waals surface area (Å²) in [6.07, 6.45) is 0. The Hall–Kier alpha value is -1.51. The van der Waals surface area contributed by atoms with Crippen molar-refractivity contribution in [2.24, 2.45) is 0 Å². The summed E-state index contributed by atoms with van der Waals surface area (Å²) in [5, 5.41) is 20.0. The Labute approximate surface area is 76.6 Å². The summed E-state index contributed by atoms with van der Waals surface area (Å²) in [5.41, 5.74) is 0.480. The van der Waals surface area contributed by atoms with E-state index in [2.05, 4.69) is 0 Å². The lowest BCUT2D eigenvalue weighted by Gasteiger charge is -2.08. The highest BCUT2D eigenvalue weighted by Crippen LogP contribution is 2.28. The van der Waals surface area contributed by atoms with Gasteiger partial charge in [-0.05, 0) is 17.5 Å². The lowest BCUT2D eigenvalue weighted by atomic mass is 9.99. The molecule has 0 unspecified atom stereocenters. The second-order valence-corrected chi connectivity index (χ2v) is 3.19. The monoisotopic (exact) mass is 179 g/mol. The average molecular weight is 179 g/mol. The number of rotatable bonds is 2. The van der Waals surface area contributed by atoms with Crippen LogP contribution >= 0.6 is 0 Å². The Bertz CT molecular complexity index is 329. The summed E-state index contributed by atoms with van der Waals surface area (Å²) in [6.45, 7) is 3.77. The van der Waals surface area contributed by atoms with Crippen LogP contribution in [0.25, 0.3) is 0 Å². The van der Waals surface area contributed by atoms with E-state index in [1.54, 1.807) is 12.1 Å². The number of para-hydroxylation sites is 1. The lowest BCUT2D eigenvalue weighted by molar-refractivity contribution is 0.0569. The van der Waals surface area contributed by atoms with Gasteiger partial charge in [-0.2, -0.15) is 0 Å². The molecule has 1 radical (unpaired) electrons. The van der Waals surface area contributed by atoms with Crippen molar-refractivity contribution in [3.05, 3.63) is 29.3 Å². The van der Waals surface area contributed by atoms with Crippen molar-refractivity contribution in [1.29, 1.82) is 0 Å². The average Bonchev–Trinajstić information content (AvgIpc) is 2.03. The van der Waals surface area contributed by atoms with Gasteiger partial charge in [0.1, 0.15) is 11.3 Å². The molecule has 0 aliphatic rings. The Morgan fingerprint density at radius 1 is 1.38 bits per heavy atom. The predicted molar refractivity (Wildman–Crippen MR) is 47.2 cm³/mol. The third-order valence-electron chi connectivity index (χ3n) is 1.91. The first kappa shape index (κ1) is 9.58. The van der Waals surface area contributed by atoms with E-state index >= 15 is 0 Å². The van der Waals surface area contributed by atoms with Gasteiger partial charge in [0.25, 0.3) is 0 Å². The van der Waals surface area contributed by atoms with E-state index in [0.717, 1.165) is 0 Å². The first-order chi connectivity index (χ1) is 6.04. The largest absolute Gasteiger partial charge is 0.507 e. The highest BCUT2D eigenvalue weighted by atomic mass is 16.4. The Kier molecular flexibility index (Phi) is 2.56. The van der Waals surface area contributed by atoms with Crippen LogP contribution in [0.5, 0.6) is 5.75 Å². The van der Waals surface area contributed by atoms with Crippen molar-refractivity contribution < 1.29 is 15.0 Å². The maximum absolute atomic E-state index is 10.5. The number of carbonyl (C=O) groups excluding carboxylic acids is 1. The molecule has 0 saturated carbocycles. The molecule has 0 heterocycles. The van der Waals surface area contributed by atoms with Gasteiger partial charge in [0.05, 0.1) is 0 Å². The highest BCUT2D eigenvalue weighted by molar-refractivity contribution is 5.90. The maximum Gasteiger partial charge on any atom is 0.390 e. The highest BCUT2D eigenvalue weighted by Gasteiger charge is 2.15. The van der Waals surface area contributed by atoms with Gasteiger partial charge in [-0.25, -0.2) is 9.90 Å². The van der Waals surface area contributed by atoms with Gasteiger partial charge < -0.3 is 5.11 Å². The molecule has 3 heteroatoms. The predicted octanol–water partition coefficient (Wildman–Crippen LogP) is 2.09. The maximum atomic E-state index is 10.5. The molecule has 1 rings (SSSR count). The van der Waals surface area contributed by atoms with Gasteiger partial charge in [-0.3, -0.25) is 0 Å². The van der Waals surface area contributed by atoms with Gasteiger partial charge in [-0.15, -0.1) is 0 Å². The molecule has 0 aromatic heterocycles. The van der Waals surface area contributed by atoms with E-state index < -0.39 is 5.97 Å². The van der Waals surface area contributed by atoms with Crippen LogP contribution in [-0.4, -0.2) is 11.1 Å². The molecule has 1 aromatic rings. The van der Waals surface area contributed by atoms with E-state index in [1.165, 1.54) is 6.07 Å². The van der Waals surface area contributed by atoms with Gasteiger partial charge in [0.15, 0.2) is 0 Å². The molecule has 0 spiro atoms. The summed E-state index contributed by atoms with van der Waals surface area (Å²) in [4.78, 5) is 10.5. The Morgan fingerprint density at radius 2 is 2.00 bits per heavy atom. The number of phenols is 1. The molecule has 0 bridgehead atoms. The number of benzene rings is 1. The van der Waals surface area contributed by atoms with Crippen molar-refractivity contribution in [1.82, 2.24) is 0 Å². The van der Waals surface area contributed by atoms with E-state index in [1.807, 2.05) is 13.8 Å². The van der Waals surface area contributed by atoms with Gasteiger partial charge >= 0.3 is 5.97 Å². The first-order valence-corrected chi connectivity index (χ1v) is 4.07. The van der Waals surface area contributed by atoms with E-state index in [0.29, 0.717) is 5.56 Å². The number of phenolic OH excluding ortho intramolecular Hbond substituents is 1. The van der Waals surface area contributed by atoms with Crippen molar-refractivity contribution >= 4 is 5.97 Å². The zero-order valence-electron chi connectivity index (χ0n) is 7.57. The molecule has 0 fully saturated rings. The fourth-order valence-electron chi connectivity index (χ4n) is 1.19. The van der Waals surface area contributed by atoms with Crippen molar-refractivity contribution in [3.8, 4) is 5.75 Å². The third-order valence-corrected chi connectivity index (χ3v) is 1.91. The van der Waals surface area contributed by atoms with Crippen LogP contribution in [0.4, 0.5) is 0 Å². The molecule has 0 amide bonds. The fraction of sp³-hybridized carbons (Fsp3) is 0.300. The summed E-state index contributed by atoms with van der Waals surface area (Å²) >= 11 is 0. The first-order valence-electron chi connectivity index (χ1n) is 4.07. The molecular weight excluding hydrogens is 168 g/mol. The Morgan fingerprint density at radius 3 is 2.46 bits per heavy atom. The van der Waals surface area contributed by atoms with E-state index in [-0.39, 0.29) is 17.2 Å². The SMILES string of the molecule is CC(C)c1cccc(C([O])=O)c1O. The molecule has 0 aliphatic heterocycles.